The maximum Gasteiger partial charge on any atom is 0.295 e. The van der Waals surface area contributed by atoms with Gasteiger partial charge in [-0.1, -0.05) is 49.4 Å². The molecule has 4 rings (SSSR count). The number of para-hydroxylation sites is 1. The van der Waals surface area contributed by atoms with Gasteiger partial charge >= 0.3 is 0 Å². The van der Waals surface area contributed by atoms with Crippen molar-refractivity contribution in [3.8, 4) is 0 Å². The van der Waals surface area contributed by atoms with Gasteiger partial charge in [0.25, 0.3) is 11.7 Å². The number of rotatable bonds is 6. The van der Waals surface area contributed by atoms with Gasteiger partial charge in [0.05, 0.1) is 18.2 Å². The van der Waals surface area contributed by atoms with Gasteiger partial charge in [-0.2, -0.15) is 0 Å². The van der Waals surface area contributed by atoms with E-state index in [4.69, 9.17) is 4.74 Å². The van der Waals surface area contributed by atoms with Crippen LogP contribution >= 0.6 is 0 Å². The number of carbonyl (C=O) groups is 2. The molecule has 0 bridgehead atoms. The summed E-state index contributed by atoms with van der Waals surface area (Å²) >= 11 is 0. The second kappa shape index (κ2) is 8.40. The van der Waals surface area contributed by atoms with Crippen molar-refractivity contribution in [2.24, 2.45) is 7.05 Å². The standard InChI is InChI=1S/C25H26N2O4/c1-4-16-9-11-17(12-10-16)23(28)21-22(27(13-14-31-3)25(30)24(21)29)19-15-26(2)20-8-6-5-7-18(19)20/h5-12,15,22,28H,4,13-14H2,1-3H3/b23-21+. The Labute approximate surface area is 181 Å². The Bertz CT molecular complexity index is 1170. The van der Waals surface area contributed by atoms with E-state index < -0.39 is 17.7 Å². The van der Waals surface area contributed by atoms with E-state index >= 15 is 0 Å². The number of Topliss-reactive ketones (excluding diaryl/α,β-unsaturated/α-hetero) is 1. The average Bonchev–Trinajstić information content (AvgIpc) is 3.25. The Balaban J connectivity index is 1.92. The van der Waals surface area contributed by atoms with Crippen molar-refractivity contribution in [3.63, 3.8) is 0 Å². The number of aliphatic hydroxyl groups excluding tert-OH is 1. The van der Waals surface area contributed by atoms with Crippen LogP contribution in [0.15, 0.2) is 60.3 Å². The molecule has 0 radical (unpaired) electrons. The van der Waals surface area contributed by atoms with Crippen molar-refractivity contribution in [1.82, 2.24) is 9.47 Å². The Hall–Kier alpha value is -3.38. The van der Waals surface area contributed by atoms with Crippen LogP contribution in [0.25, 0.3) is 16.7 Å². The fraction of sp³-hybridized carbons (Fsp3) is 0.280. The van der Waals surface area contributed by atoms with Crippen LogP contribution in [0.4, 0.5) is 0 Å². The van der Waals surface area contributed by atoms with Crippen molar-refractivity contribution in [2.75, 3.05) is 20.3 Å². The number of fused-ring (bicyclic) bond motifs is 1. The minimum Gasteiger partial charge on any atom is -0.507 e. The molecule has 1 aliphatic heterocycles. The number of benzene rings is 2. The molecule has 1 unspecified atom stereocenters. The lowest BCUT2D eigenvalue weighted by Crippen LogP contribution is -2.32. The third-order valence-electron chi connectivity index (χ3n) is 5.93. The van der Waals surface area contributed by atoms with Gasteiger partial charge in [0.2, 0.25) is 0 Å². The van der Waals surface area contributed by atoms with Crippen LogP contribution in [-0.4, -0.2) is 46.5 Å². The van der Waals surface area contributed by atoms with Crippen molar-refractivity contribution in [3.05, 3.63) is 77.0 Å². The van der Waals surface area contributed by atoms with Gasteiger partial charge in [0.1, 0.15) is 5.76 Å². The van der Waals surface area contributed by atoms with E-state index in [1.165, 1.54) is 4.90 Å². The van der Waals surface area contributed by atoms with Gasteiger partial charge in [0.15, 0.2) is 0 Å². The van der Waals surface area contributed by atoms with Crippen LogP contribution in [0.1, 0.15) is 29.7 Å². The highest BCUT2D eigenvalue weighted by molar-refractivity contribution is 6.46. The van der Waals surface area contributed by atoms with Gasteiger partial charge in [-0.3, -0.25) is 9.59 Å². The summed E-state index contributed by atoms with van der Waals surface area (Å²) in [5.41, 5.74) is 3.55. The lowest BCUT2D eigenvalue weighted by molar-refractivity contribution is -0.140. The first-order chi connectivity index (χ1) is 15.0. The third-order valence-corrected chi connectivity index (χ3v) is 5.93. The number of ether oxygens (including phenoxy) is 1. The Morgan fingerprint density at radius 1 is 1.10 bits per heavy atom. The minimum atomic E-state index is -0.688. The SMILES string of the molecule is CCc1ccc(/C(O)=C2\C(=O)C(=O)N(CCOC)C2c2cn(C)c3ccccc23)cc1. The normalized spacial score (nSPS) is 18.3. The molecule has 31 heavy (non-hydrogen) atoms. The van der Waals surface area contributed by atoms with E-state index in [1.807, 2.05) is 54.2 Å². The molecule has 0 spiro atoms. The summed E-state index contributed by atoms with van der Waals surface area (Å²) in [6.45, 7) is 2.59. The molecule has 0 aliphatic carbocycles. The Morgan fingerprint density at radius 3 is 2.48 bits per heavy atom. The number of aliphatic hydroxyl groups is 1. The number of aryl methyl sites for hydroxylation is 2. The van der Waals surface area contributed by atoms with Crippen LogP contribution < -0.4 is 0 Å². The molecule has 0 saturated carbocycles. The number of hydrogen-bond acceptors (Lipinski definition) is 4. The van der Waals surface area contributed by atoms with E-state index in [2.05, 4.69) is 6.92 Å². The number of amides is 1. The largest absolute Gasteiger partial charge is 0.507 e. The van der Waals surface area contributed by atoms with Gasteiger partial charge in [0, 0.05) is 48.9 Å². The van der Waals surface area contributed by atoms with Crippen LogP contribution in [-0.2, 0) is 27.8 Å². The Morgan fingerprint density at radius 2 is 1.81 bits per heavy atom. The fourth-order valence-corrected chi connectivity index (χ4v) is 4.27. The highest BCUT2D eigenvalue weighted by atomic mass is 16.5. The molecule has 160 valence electrons. The molecule has 1 N–H and O–H groups in total. The van der Waals surface area contributed by atoms with Crippen LogP contribution in [0.3, 0.4) is 0 Å². The first kappa shape index (κ1) is 20.9. The van der Waals surface area contributed by atoms with Gasteiger partial charge < -0.3 is 19.3 Å². The summed E-state index contributed by atoms with van der Waals surface area (Å²) in [6.07, 6.45) is 2.80. The Kier molecular flexibility index (Phi) is 5.65. The number of ketones is 1. The van der Waals surface area contributed by atoms with E-state index in [0.717, 1.165) is 28.5 Å². The summed E-state index contributed by atoms with van der Waals surface area (Å²) in [6, 6.07) is 14.6. The molecule has 1 aromatic heterocycles. The van der Waals surface area contributed by atoms with Crippen LogP contribution in [0, 0.1) is 0 Å². The molecule has 3 aromatic rings. The average molecular weight is 418 g/mol. The molecule has 1 atom stereocenters. The zero-order valence-electron chi connectivity index (χ0n) is 18.0. The third kappa shape index (κ3) is 3.53. The van der Waals surface area contributed by atoms with E-state index in [-0.39, 0.29) is 17.9 Å². The van der Waals surface area contributed by atoms with Crippen molar-refractivity contribution < 1.29 is 19.4 Å². The number of methoxy groups -OCH3 is 1. The molecule has 1 saturated heterocycles. The second-order valence-corrected chi connectivity index (χ2v) is 7.75. The number of likely N-dealkylation sites (tertiary alicyclic amines) is 1. The zero-order valence-corrected chi connectivity index (χ0v) is 18.0. The highest BCUT2D eigenvalue weighted by Crippen LogP contribution is 2.42. The van der Waals surface area contributed by atoms with E-state index in [9.17, 15) is 14.7 Å². The van der Waals surface area contributed by atoms with Gasteiger partial charge in [-0.15, -0.1) is 0 Å². The van der Waals surface area contributed by atoms with E-state index in [1.54, 1.807) is 19.2 Å². The molecular formula is C25H26N2O4. The molecule has 6 heteroatoms. The molecule has 1 aliphatic rings. The van der Waals surface area contributed by atoms with E-state index in [0.29, 0.717) is 12.2 Å². The van der Waals surface area contributed by atoms with Crippen LogP contribution in [0.2, 0.25) is 0 Å². The van der Waals surface area contributed by atoms with Gasteiger partial charge in [-0.05, 0) is 18.1 Å². The lowest BCUT2D eigenvalue weighted by Gasteiger charge is -2.24. The topological polar surface area (TPSA) is 71.8 Å². The quantitative estimate of drug-likeness (QED) is 0.375. The lowest BCUT2D eigenvalue weighted by atomic mass is 9.94. The van der Waals surface area contributed by atoms with Crippen molar-refractivity contribution in [1.29, 1.82) is 0 Å². The molecule has 6 nitrogen and oxygen atoms in total. The monoisotopic (exact) mass is 418 g/mol. The summed E-state index contributed by atoms with van der Waals surface area (Å²) in [5, 5.41) is 12.1. The molecule has 2 aromatic carbocycles. The minimum absolute atomic E-state index is 0.113. The second-order valence-electron chi connectivity index (χ2n) is 7.75. The molecular weight excluding hydrogens is 392 g/mol. The highest BCUT2D eigenvalue weighted by Gasteiger charge is 2.46. The summed E-state index contributed by atoms with van der Waals surface area (Å²) < 4.78 is 7.15. The summed E-state index contributed by atoms with van der Waals surface area (Å²) in [5.74, 6) is -1.45. The number of nitrogens with zero attached hydrogens (tertiary/aromatic N) is 2. The summed E-state index contributed by atoms with van der Waals surface area (Å²) in [7, 11) is 3.48. The maximum absolute atomic E-state index is 13.1. The summed E-state index contributed by atoms with van der Waals surface area (Å²) in [4.78, 5) is 27.5. The number of hydrogen-bond donors (Lipinski definition) is 1. The van der Waals surface area contributed by atoms with Gasteiger partial charge in [-0.25, -0.2) is 0 Å². The van der Waals surface area contributed by atoms with Crippen LogP contribution in [0.5, 0.6) is 0 Å². The molecule has 2 heterocycles. The van der Waals surface area contributed by atoms with Crippen molar-refractivity contribution in [2.45, 2.75) is 19.4 Å². The first-order valence-corrected chi connectivity index (χ1v) is 10.4. The number of carbonyl (C=O) groups excluding carboxylic acids is 2. The zero-order chi connectivity index (χ0) is 22.1. The predicted octanol–water partition coefficient (Wildman–Crippen LogP) is 3.81. The predicted molar refractivity (Wildman–Crippen MR) is 120 cm³/mol. The molecule has 1 amide bonds. The van der Waals surface area contributed by atoms with Crippen molar-refractivity contribution >= 4 is 28.4 Å². The first-order valence-electron chi connectivity index (χ1n) is 10.4. The molecule has 1 fully saturated rings. The fourth-order valence-electron chi connectivity index (χ4n) is 4.27. The number of aromatic nitrogens is 1. The smallest absolute Gasteiger partial charge is 0.295 e. The maximum atomic E-state index is 13.1.